The number of oxazole rings is 1. The van der Waals surface area contributed by atoms with E-state index in [0.717, 1.165) is 5.56 Å². The highest BCUT2D eigenvalue weighted by Crippen LogP contribution is 2.26. The molecule has 0 saturated carbocycles. The Bertz CT molecular complexity index is 1450. The van der Waals surface area contributed by atoms with Gasteiger partial charge in [-0.3, -0.25) is 19.2 Å². The second-order valence-corrected chi connectivity index (χ2v) is 12.9. The third kappa shape index (κ3) is 8.05. The lowest BCUT2D eigenvalue weighted by atomic mass is 9.86. The molecular weight excluding hydrogens is 570 g/mol. The number of benzene rings is 1. The summed E-state index contributed by atoms with van der Waals surface area (Å²) in [6.07, 6.45) is 1.59. The van der Waals surface area contributed by atoms with Crippen LogP contribution in [0, 0.1) is 11.3 Å². The number of aromatic nitrogens is 2. The highest BCUT2D eigenvalue weighted by Gasteiger charge is 2.33. The van der Waals surface area contributed by atoms with E-state index >= 15 is 0 Å². The van der Waals surface area contributed by atoms with Crippen molar-refractivity contribution < 1.29 is 23.6 Å². The second-order valence-electron chi connectivity index (χ2n) is 12.0. The van der Waals surface area contributed by atoms with Crippen molar-refractivity contribution in [3.8, 4) is 0 Å². The van der Waals surface area contributed by atoms with Gasteiger partial charge in [-0.25, -0.2) is 9.97 Å². The summed E-state index contributed by atoms with van der Waals surface area (Å²) < 4.78 is 5.67. The number of nitrogens with two attached hydrogens (primary N) is 1. The number of rotatable bonds is 4. The van der Waals surface area contributed by atoms with Gasteiger partial charge in [-0.1, -0.05) is 65.0 Å². The first-order valence-electron chi connectivity index (χ1n) is 14.2. The van der Waals surface area contributed by atoms with E-state index in [9.17, 15) is 19.2 Å². The van der Waals surface area contributed by atoms with Crippen LogP contribution in [0.1, 0.15) is 84.1 Å². The van der Waals surface area contributed by atoms with E-state index in [1.807, 2.05) is 65.0 Å². The number of nitrogens with zero attached hydrogens (tertiary/aromatic N) is 3. The summed E-state index contributed by atoms with van der Waals surface area (Å²) in [5.41, 5.74) is 6.84. The van der Waals surface area contributed by atoms with E-state index in [0.29, 0.717) is 11.4 Å². The molecule has 3 aromatic rings. The van der Waals surface area contributed by atoms with E-state index in [4.69, 9.17) is 10.2 Å². The largest absolute Gasteiger partial charge is 0.446 e. The highest BCUT2D eigenvalue weighted by atomic mass is 32.1. The summed E-state index contributed by atoms with van der Waals surface area (Å²) in [5, 5.41) is 10.8. The summed E-state index contributed by atoms with van der Waals surface area (Å²) in [6, 6.07) is 7.46. The van der Waals surface area contributed by atoms with Gasteiger partial charge in [0.1, 0.15) is 23.0 Å². The van der Waals surface area contributed by atoms with Crippen LogP contribution in [-0.4, -0.2) is 64.2 Å². The molecule has 0 saturated heterocycles. The fraction of sp³-hybridized carbons (Fsp3) is 0.467. The molecule has 3 atom stereocenters. The number of carbonyl (C=O) groups excluding carboxylic acids is 4. The van der Waals surface area contributed by atoms with Gasteiger partial charge in [0.15, 0.2) is 5.69 Å². The summed E-state index contributed by atoms with van der Waals surface area (Å²) >= 11 is 1.26. The smallest absolute Gasteiger partial charge is 0.273 e. The minimum Gasteiger partial charge on any atom is -0.446 e. The maximum absolute atomic E-state index is 13.4. The van der Waals surface area contributed by atoms with Gasteiger partial charge in [-0.2, -0.15) is 0 Å². The zero-order valence-corrected chi connectivity index (χ0v) is 25.9. The first-order valence-corrected chi connectivity index (χ1v) is 15.1. The van der Waals surface area contributed by atoms with Crippen molar-refractivity contribution in [3.05, 3.63) is 69.8 Å². The lowest BCUT2D eigenvalue weighted by Crippen LogP contribution is -2.54. The molecule has 5 N–H and O–H groups in total. The Kier molecular flexibility index (Phi) is 9.97. The Labute approximate surface area is 254 Å². The number of hydrogen-bond acceptors (Lipinski definition) is 9. The van der Waals surface area contributed by atoms with Gasteiger partial charge in [0.2, 0.25) is 17.7 Å². The lowest BCUT2D eigenvalue weighted by Gasteiger charge is -2.32. The third-order valence-corrected chi connectivity index (χ3v) is 8.08. The van der Waals surface area contributed by atoms with Crippen LogP contribution in [-0.2, 0) is 16.0 Å². The fourth-order valence-corrected chi connectivity index (χ4v) is 5.52. The summed E-state index contributed by atoms with van der Waals surface area (Å²) in [4.78, 5) is 63.2. The van der Waals surface area contributed by atoms with Gasteiger partial charge in [-0.15, -0.1) is 11.3 Å². The maximum atomic E-state index is 13.4. The van der Waals surface area contributed by atoms with Crippen molar-refractivity contribution in [1.82, 2.24) is 30.8 Å². The summed E-state index contributed by atoms with van der Waals surface area (Å²) in [5.74, 6) is -1.69. The number of fused-ring (bicyclic) bond motifs is 4. The van der Waals surface area contributed by atoms with Crippen LogP contribution in [0.15, 0.2) is 46.4 Å². The van der Waals surface area contributed by atoms with Crippen molar-refractivity contribution in [2.75, 3.05) is 19.6 Å². The first kappa shape index (κ1) is 31.8. The molecule has 0 spiro atoms. The quantitative estimate of drug-likeness (QED) is 0.349. The van der Waals surface area contributed by atoms with Gasteiger partial charge in [0, 0.05) is 24.9 Å². The lowest BCUT2D eigenvalue weighted by molar-refractivity contribution is -0.139. The van der Waals surface area contributed by atoms with E-state index < -0.39 is 47.2 Å². The van der Waals surface area contributed by atoms with Gasteiger partial charge in [0.05, 0.1) is 18.6 Å². The average Bonchev–Trinajstić information content (AvgIpc) is 3.64. The highest BCUT2D eigenvalue weighted by molar-refractivity contribution is 7.09. The van der Waals surface area contributed by atoms with Crippen LogP contribution in [0.2, 0.25) is 0 Å². The number of thiazole rings is 1. The third-order valence-electron chi connectivity index (χ3n) is 7.16. The molecule has 1 aliphatic rings. The number of carbonyl (C=O) groups is 4. The van der Waals surface area contributed by atoms with E-state index in [1.165, 1.54) is 22.5 Å². The molecule has 12 nitrogen and oxygen atoms in total. The molecule has 4 amide bonds. The SMILES string of the molecule is CC(C)[C@@H]1NC(=O)CN(C(=O)[C@@H](N)C(C)(C)C)CCNC(=O)c2coc(n2)[C@H](Cc2ccccc2)NC(=O)c2csc1n2. The topological polar surface area (TPSA) is 173 Å². The average molecular weight is 610 g/mol. The Morgan fingerprint density at radius 1 is 1.09 bits per heavy atom. The molecule has 4 bridgehead atoms. The summed E-state index contributed by atoms with van der Waals surface area (Å²) in [7, 11) is 0. The van der Waals surface area contributed by atoms with Crippen molar-refractivity contribution in [3.63, 3.8) is 0 Å². The van der Waals surface area contributed by atoms with Crippen molar-refractivity contribution >= 4 is 35.0 Å². The molecule has 4 rings (SSSR count). The monoisotopic (exact) mass is 609 g/mol. The van der Waals surface area contributed by atoms with Crippen molar-refractivity contribution in [2.24, 2.45) is 17.1 Å². The number of nitrogens with one attached hydrogen (secondary N) is 3. The van der Waals surface area contributed by atoms with Crippen molar-refractivity contribution in [1.29, 1.82) is 0 Å². The molecule has 1 aliphatic heterocycles. The minimum absolute atomic E-state index is 0.0150. The van der Waals surface area contributed by atoms with Crippen LogP contribution in [0.4, 0.5) is 0 Å². The normalized spacial score (nSPS) is 19.6. The standard InChI is InChI=1S/C30H39N7O5S/c1-17(2)23-28-35-21(16-43-28)26(40)33-19(13-18-9-7-6-8-10-18)27-34-20(15-42-27)25(39)32-11-12-37(14-22(38)36-23)29(41)24(31)30(3,4)5/h6-10,15-17,19,23-24H,11-14,31H2,1-5H3,(H,32,39)(H,33,40)(H,36,38)/t19-,23-,24+/m0/s1. The van der Waals surface area contributed by atoms with Gasteiger partial charge < -0.3 is 31.0 Å². The Morgan fingerprint density at radius 2 is 1.81 bits per heavy atom. The van der Waals surface area contributed by atoms with Gasteiger partial charge in [-0.05, 0) is 16.9 Å². The second kappa shape index (κ2) is 13.5. The molecule has 0 fully saturated rings. The molecule has 230 valence electrons. The van der Waals surface area contributed by atoms with Gasteiger partial charge in [0.25, 0.3) is 11.8 Å². The number of amides is 4. The van der Waals surface area contributed by atoms with Crippen LogP contribution >= 0.6 is 11.3 Å². The number of hydrogen-bond donors (Lipinski definition) is 4. The molecule has 43 heavy (non-hydrogen) atoms. The molecule has 13 heteroatoms. The minimum atomic E-state index is -0.866. The molecule has 0 radical (unpaired) electrons. The van der Waals surface area contributed by atoms with Crippen LogP contribution in [0.25, 0.3) is 0 Å². The van der Waals surface area contributed by atoms with Gasteiger partial charge >= 0.3 is 0 Å². The maximum Gasteiger partial charge on any atom is 0.273 e. The molecule has 3 heterocycles. The van der Waals surface area contributed by atoms with Crippen molar-refractivity contribution in [2.45, 2.75) is 59.2 Å². The molecule has 1 aromatic carbocycles. The summed E-state index contributed by atoms with van der Waals surface area (Å²) in [6.45, 7) is 9.23. The van der Waals surface area contributed by atoms with Crippen LogP contribution in [0.5, 0.6) is 0 Å². The van der Waals surface area contributed by atoms with E-state index in [2.05, 4.69) is 25.9 Å². The molecule has 0 unspecified atom stereocenters. The van der Waals surface area contributed by atoms with Crippen LogP contribution < -0.4 is 21.7 Å². The predicted molar refractivity (Wildman–Crippen MR) is 161 cm³/mol. The predicted octanol–water partition coefficient (Wildman–Crippen LogP) is 2.60. The molecule has 2 aromatic heterocycles. The molecular formula is C30H39N7O5S. The van der Waals surface area contributed by atoms with E-state index in [-0.39, 0.29) is 42.8 Å². The fourth-order valence-electron chi connectivity index (χ4n) is 4.50. The van der Waals surface area contributed by atoms with Crippen LogP contribution in [0.3, 0.4) is 0 Å². The zero-order valence-electron chi connectivity index (χ0n) is 25.0. The molecule has 0 aliphatic carbocycles. The Morgan fingerprint density at radius 3 is 2.49 bits per heavy atom. The zero-order chi connectivity index (χ0) is 31.3. The Hall–Kier alpha value is -4.10. The van der Waals surface area contributed by atoms with E-state index in [1.54, 1.807) is 5.38 Å². The Balaban J connectivity index is 1.68. The first-order chi connectivity index (χ1) is 20.3.